The van der Waals surface area contributed by atoms with Crippen molar-refractivity contribution in [1.29, 1.82) is 0 Å². The lowest BCUT2D eigenvalue weighted by Gasteiger charge is -2.34. The number of nitro groups is 1. The van der Waals surface area contributed by atoms with Crippen molar-refractivity contribution in [2.45, 2.75) is 57.7 Å². The van der Waals surface area contributed by atoms with Gasteiger partial charge >= 0.3 is 0 Å². The molecule has 1 saturated carbocycles. The highest BCUT2D eigenvalue weighted by atomic mass is 35.5. The first-order valence-corrected chi connectivity index (χ1v) is 16.7. The molecule has 4 rings (SSSR count). The maximum absolute atomic E-state index is 14.3. The van der Waals surface area contributed by atoms with Crippen LogP contribution in [0.1, 0.15) is 42.4 Å². The number of amides is 2. The van der Waals surface area contributed by atoms with E-state index in [4.69, 9.17) is 23.2 Å². The molecule has 0 unspecified atom stereocenters. The molecule has 1 fully saturated rings. The number of carbonyl (C=O) groups excluding carboxylic acids is 2. The molecule has 0 aromatic heterocycles. The smallest absolute Gasteiger partial charge is 0.271 e. The van der Waals surface area contributed by atoms with E-state index in [0.717, 1.165) is 47.9 Å². The van der Waals surface area contributed by atoms with Crippen molar-refractivity contribution in [3.8, 4) is 0 Å². The molecule has 10 nitrogen and oxygen atoms in total. The highest BCUT2D eigenvalue weighted by molar-refractivity contribution is 7.92. The topological polar surface area (TPSA) is 130 Å². The van der Waals surface area contributed by atoms with Gasteiger partial charge in [-0.2, -0.15) is 0 Å². The molecule has 3 aromatic rings. The van der Waals surface area contributed by atoms with E-state index in [1.807, 2.05) is 30.3 Å². The van der Waals surface area contributed by atoms with Crippen molar-refractivity contribution >= 4 is 56.4 Å². The fourth-order valence-electron chi connectivity index (χ4n) is 5.33. The summed E-state index contributed by atoms with van der Waals surface area (Å²) in [7, 11) is -4.10. The van der Waals surface area contributed by atoms with E-state index in [1.54, 1.807) is 25.1 Å². The summed E-state index contributed by atoms with van der Waals surface area (Å²) in [6.45, 7) is 0.837. The molecule has 1 aliphatic carbocycles. The Balaban J connectivity index is 1.78. The lowest BCUT2D eigenvalue weighted by atomic mass is 10.0. The van der Waals surface area contributed by atoms with Crippen LogP contribution in [0.4, 0.5) is 11.4 Å². The fraction of sp³-hybridized carbons (Fsp3) is 0.355. The van der Waals surface area contributed by atoms with E-state index in [-0.39, 0.29) is 41.3 Å². The summed E-state index contributed by atoms with van der Waals surface area (Å²) in [6, 6.07) is 16.9. The average Bonchev–Trinajstić information content (AvgIpc) is 3.48. The van der Waals surface area contributed by atoms with Gasteiger partial charge in [-0.05, 0) is 48.6 Å². The summed E-state index contributed by atoms with van der Waals surface area (Å²) in [6.07, 6.45) is 4.74. The predicted octanol–water partition coefficient (Wildman–Crippen LogP) is 5.67. The monoisotopic (exact) mass is 660 g/mol. The quantitative estimate of drug-likeness (QED) is 0.197. The van der Waals surface area contributed by atoms with Crippen LogP contribution < -0.4 is 9.62 Å². The van der Waals surface area contributed by atoms with Crippen molar-refractivity contribution in [2.24, 2.45) is 0 Å². The number of rotatable bonds is 12. The van der Waals surface area contributed by atoms with Crippen LogP contribution in [0.15, 0.2) is 66.7 Å². The summed E-state index contributed by atoms with van der Waals surface area (Å²) >= 11 is 12.4. The molecule has 0 radical (unpaired) electrons. The van der Waals surface area contributed by atoms with Gasteiger partial charge in [0, 0.05) is 31.1 Å². The molecule has 0 aliphatic heterocycles. The second-order valence-corrected chi connectivity index (χ2v) is 13.7. The Morgan fingerprint density at radius 2 is 1.68 bits per heavy atom. The number of hydrogen-bond acceptors (Lipinski definition) is 6. The Bertz CT molecular complexity index is 1630. The van der Waals surface area contributed by atoms with Crippen molar-refractivity contribution in [1.82, 2.24) is 10.2 Å². The molecule has 1 aliphatic rings. The van der Waals surface area contributed by atoms with E-state index in [2.05, 4.69) is 5.32 Å². The Morgan fingerprint density at radius 1 is 1.00 bits per heavy atom. The highest BCUT2D eigenvalue weighted by Gasteiger charge is 2.35. The number of nitrogens with zero attached hydrogens (tertiary/aromatic N) is 3. The molecular formula is C31H34Cl2N4O6S. The van der Waals surface area contributed by atoms with Crippen molar-refractivity contribution in [3.63, 3.8) is 0 Å². The normalized spacial score (nSPS) is 14.2. The van der Waals surface area contributed by atoms with Gasteiger partial charge in [-0.1, -0.05) is 78.5 Å². The Labute approximate surface area is 267 Å². The van der Waals surface area contributed by atoms with Crippen LogP contribution in [0.25, 0.3) is 0 Å². The molecule has 0 saturated heterocycles. The van der Waals surface area contributed by atoms with E-state index in [9.17, 15) is 28.1 Å². The summed E-state index contributed by atoms with van der Waals surface area (Å²) in [4.78, 5) is 40.4. The third kappa shape index (κ3) is 8.49. The summed E-state index contributed by atoms with van der Waals surface area (Å²) < 4.78 is 27.0. The highest BCUT2D eigenvalue weighted by Crippen LogP contribution is 2.29. The molecule has 2 amide bonds. The molecule has 0 bridgehead atoms. The number of hydrogen-bond donors (Lipinski definition) is 1. The number of anilines is 1. The lowest BCUT2D eigenvalue weighted by Crippen LogP contribution is -2.54. The first kappa shape index (κ1) is 33.2. The summed E-state index contributed by atoms with van der Waals surface area (Å²) in [5.74, 6) is -1.03. The van der Waals surface area contributed by atoms with Crippen LogP contribution in [0.3, 0.4) is 0 Å². The van der Waals surface area contributed by atoms with Gasteiger partial charge in [0.15, 0.2) is 0 Å². The molecule has 234 valence electrons. The SMILES string of the molecule is Cc1ccc([N+](=O)[O-])cc1N(CC(=O)N(Cc1ccc(Cl)c(Cl)c1)[C@H](Cc1ccccc1)C(=O)NC1CCCC1)S(C)(=O)=O. The minimum atomic E-state index is -4.10. The van der Waals surface area contributed by atoms with Crippen LogP contribution in [-0.4, -0.2) is 54.9 Å². The summed E-state index contributed by atoms with van der Waals surface area (Å²) in [5, 5.41) is 15.2. The minimum absolute atomic E-state index is 0.000413. The Kier molecular flexibility index (Phi) is 10.9. The molecule has 44 heavy (non-hydrogen) atoms. The number of non-ortho nitro benzene ring substituents is 1. The van der Waals surface area contributed by atoms with Gasteiger partial charge in [0.25, 0.3) is 5.69 Å². The second kappa shape index (κ2) is 14.4. The number of nitro benzene ring substituents is 1. The van der Waals surface area contributed by atoms with Crippen molar-refractivity contribution in [2.75, 3.05) is 17.1 Å². The van der Waals surface area contributed by atoms with Gasteiger partial charge in [-0.3, -0.25) is 24.0 Å². The number of benzene rings is 3. The van der Waals surface area contributed by atoms with Crippen molar-refractivity contribution < 1.29 is 22.9 Å². The fourth-order valence-corrected chi connectivity index (χ4v) is 6.55. The number of halogens is 2. The largest absolute Gasteiger partial charge is 0.352 e. The van der Waals surface area contributed by atoms with Gasteiger partial charge in [0.1, 0.15) is 12.6 Å². The third-order valence-corrected chi connectivity index (χ3v) is 9.53. The van der Waals surface area contributed by atoms with Crippen LogP contribution in [0.2, 0.25) is 10.0 Å². The molecule has 0 spiro atoms. The van der Waals surface area contributed by atoms with E-state index >= 15 is 0 Å². The summed E-state index contributed by atoms with van der Waals surface area (Å²) in [5.41, 5.74) is 1.49. The Morgan fingerprint density at radius 3 is 2.30 bits per heavy atom. The zero-order valence-electron chi connectivity index (χ0n) is 24.4. The molecular weight excluding hydrogens is 627 g/mol. The molecule has 1 atom stereocenters. The molecule has 0 heterocycles. The Hall–Kier alpha value is -3.67. The molecule has 13 heteroatoms. The standard InChI is InChI=1S/C31H34Cl2N4O6S/c1-21-12-14-25(37(40)41)18-28(21)36(44(2,42)43)20-30(38)35(19-23-13-15-26(32)27(33)16-23)29(17-22-8-4-3-5-9-22)31(39)34-24-10-6-7-11-24/h3-5,8-9,12-16,18,24,29H,6-7,10-11,17,19-20H2,1-2H3,(H,34,39)/t29-/m1/s1. The van der Waals surface area contributed by atoms with Crippen LogP contribution in [0, 0.1) is 17.0 Å². The lowest BCUT2D eigenvalue weighted by molar-refractivity contribution is -0.384. The van der Waals surface area contributed by atoms with Gasteiger partial charge in [0.05, 0.1) is 26.9 Å². The van der Waals surface area contributed by atoms with Crippen LogP contribution in [0.5, 0.6) is 0 Å². The number of sulfonamides is 1. The zero-order chi connectivity index (χ0) is 32.0. The van der Waals surface area contributed by atoms with Gasteiger partial charge < -0.3 is 10.2 Å². The van der Waals surface area contributed by atoms with Crippen LogP contribution >= 0.6 is 23.2 Å². The van der Waals surface area contributed by atoms with Crippen molar-refractivity contribution in [3.05, 3.63) is 104 Å². The number of aryl methyl sites for hydroxylation is 1. The van der Waals surface area contributed by atoms with Gasteiger partial charge in [-0.25, -0.2) is 8.42 Å². The van der Waals surface area contributed by atoms with E-state index in [1.165, 1.54) is 17.0 Å². The minimum Gasteiger partial charge on any atom is -0.352 e. The van der Waals surface area contributed by atoms with Gasteiger partial charge in [-0.15, -0.1) is 0 Å². The average molecular weight is 662 g/mol. The first-order chi connectivity index (χ1) is 20.8. The third-order valence-electron chi connectivity index (χ3n) is 7.66. The van der Waals surface area contributed by atoms with Gasteiger partial charge in [0.2, 0.25) is 21.8 Å². The maximum Gasteiger partial charge on any atom is 0.271 e. The first-order valence-electron chi connectivity index (χ1n) is 14.1. The number of nitrogens with one attached hydrogen (secondary N) is 1. The zero-order valence-corrected chi connectivity index (χ0v) is 26.7. The van der Waals surface area contributed by atoms with Crippen LogP contribution in [-0.2, 0) is 32.6 Å². The molecule has 1 N–H and O–H groups in total. The number of carbonyl (C=O) groups is 2. The van der Waals surface area contributed by atoms with E-state index < -0.39 is 33.4 Å². The second-order valence-electron chi connectivity index (χ2n) is 11.0. The van der Waals surface area contributed by atoms with E-state index in [0.29, 0.717) is 16.1 Å². The predicted molar refractivity (Wildman–Crippen MR) is 171 cm³/mol. The molecule has 3 aromatic carbocycles. The maximum atomic E-state index is 14.3.